The van der Waals surface area contributed by atoms with Crippen LogP contribution in [0.1, 0.15) is 24.0 Å². The maximum absolute atomic E-state index is 11.4. The van der Waals surface area contributed by atoms with Crippen LogP contribution in [0.5, 0.6) is 0 Å². The van der Waals surface area contributed by atoms with E-state index in [0.29, 0.717) is 6.04 Å². The van der Waals surface area contributed by atoms with Gasteiger partial charge in [0.15, 0.2) is 0 Å². The lowest BCUT2D eigenvalue weighted by molar-refractivity contribution is -0.111. The zero-order valence-electron chi connectivity index (χ0n) is 13.3. The summed E-state index contributed by atoms with van der Waals surface area (Å²) in [4.78, 5) is 16.5. The fraction of sp³-hybridized carbons (Fsp3) is 0.500. The highest BCUT2D eigenvalue weighted by molar-refractivity contribution is 5.98. The number of anilines is 1. The summed E-state index contributed by atoms with van der Waals surface area (Å²) < 4.78 is 0. The Hall–Kier alpha value is -1.65. The van der Waals surface area contributed by atoms with E-state index in [0.717, 1.165) is 25.2 Å². The van der Waals surface area contributed by atoms with Crippen LogP contribution in [0.2, 0.25) is 0 Å². The Morgan fingerprint density at radius 1 is 1.27 bits per heavy atom. The predicted octanol–water partition coefficient (Wildman–Crippen LogP) is 2.26. The monoisotopic (exact) mass is 299 g/mol. The molecule has 0 aromatic heterocycles. The fourth-order valence-electron chi connectivity index (χ4n) is 3.52. The number of likely N-dealkylation sites (tertiary alicyclic amines) is 1. The minimum atomic E-state index is -0.150. The van der Waals surface area contributed by atoms with Crippen molar-refractivity contribution in [3.8, 4) is 0 Å². The average molecular weight is 299 g/mol. The van der Waals surface area contributed by atoms with Crippen LogP contribution in [0.4, 0.5) is 5.69 Å². The van der Waals surface area contributed by atoms with Gasteiger partial charge < -0.3 is 10.2 Å². The third kappa shape index (κ3) is 3.39. The second-order valence-corrected chi connectivity index (χ2v) is 6.43. The number of hydrogen-bond acceptors (Lipinski definition) is 3. The molecule has 0 spiro atoms. The molecule has 0 bridgehead atoms. The number of fused-ring (bicyclic) bond motifs is 1. The van der Waals surface area contributed by atoms with Crippen molar-refractivity contribution in [2.75, 3.05) is 32.0 Å². The lowest BCUT2D eigenvalue weighted by Crippen LogP contribution is -2.45. The van der Waals surface area contributed by atoms with Crippen LogP contribution in [0.25, 0.3) is 0 Å². The largest absolute Gasteiger partial charge is 0.323 e. The van der Waals surface area contributed by atoms with Crippen LogP contribution >= 0.6 is 0 Å². The highest BCUT2D eigenvalue weighted by Crippen LogP contribution is 2.26. The molecular weight excluding hydrogens is 274 g/mol. The van der Waals surface area contributed by atoms with Crippen LogP contribution in [0.3, 0.4) is 0 Å². The maximum Gasteiger partial charge on any atom is 0.247 e. The molecule has 3 rings (SSSR count). The molecule has 22 heavy (non-hydrogen) atoms. The van der Waals surface area contributed by atoms with E-state index in [4.69, 9.17) is 0 Å². The van der Waals surface area contributed by atoms with E-state index >= 15 is 0 Å². The van der Waals surface area contributed by atoms with Gasteiger partial charge in [-0.05, 0) is 68.7 Å². The van der Waals surface area contributed by atoms with Crippen LogP contribution in [-0.2, 0) is 17.8 Å². The summed E-state index contributed by atoms with van der Waals surface area (Å²) in [6.07, 6.45) is 4.94. The molecule has 1 N–H and O–H groups in total. The highest BCUT2D eigenvalue weighted by atomic mass is 16.1. The number of amides is 1. The number of carbonyl (C=O) groups excluding carboxylic acids is 1. The molecule has 4 heteroatoms. The zero-order valence-corrected chi connectivity index (χ0v) is 13.3. The normalized spacial score (nSPS) is 20.4. The standard InChI is InChI=1S/C18H25N3O/c1-3-18(22)19-16-5-4-14-6-11-21(13-15(14)12-16)17-7-9-20(2)10-8-17/h3-5,12,17H,1,6-11,13H2,2H3,(H,19,22). The molecule has 1 aromatic rings. The van der Waals surface area contributed by atoms with Gasteiger partial charge in [0.1, 0.15) is 0 Å². The van der Waals surface area contributed by atoms with Gasteiger partial charge in [-0.3, -0.25) is 9.69 Å². The predicted molar refractivity (Wildman–Crippen MR) is 89.9 cm³/mol. The van der Waals surface area contributed by atoms with Crippen molar-refractivity contribution in [1.82, 2.24) is 9.80 Å². The number of nitrogens with one attached hydrogen (secondary N) is 1. The van der Waals surface area contributed by atoms with Gasteiger partial charge in [-0.2, -0.15) is 0 Å². The molecule has 0 saturated carbocycles. The van der Waals surface area contributed by atoms with Gasteiger partial charge in [-0.1, -0.05) is 12.6 Å². The molecule has 118 valence electrons. The Kier molecular flexibility index (Phi) is 4.60. The molecule has 0 radical (unpaired) electrons. The van der Waals surface area contributed by atoms with Gasteiger partial charge in [0.05, 0.1) is 0 Å². The Morgan fingerprint density at radius 2 is 2.05 bits per heavy atom. The summed E-state index contributed by atoms with van der Waals surface area (Å²) in [5.74, 6) is -0.150. The first kappa shape index (κ1) is 15.3. The minimum absolute atomic E-state index is 0.150. The SMILES string of the molecule is C=CC(=O)Nc1ccc2c(c1)CN(C1CCN(C)CC1)CC2. The molecule has 0 unspecified atom stereocenters. The maximum atomic E-state index is 11.4. The van der Waals surface area contributed by atoms with Gasteiger partial charge in [-0.25, -0.2) is 0 Å². The zero-order chi connectivity index (χ0) is 15.5. The number of piperidine rings is 1. The summed E-state index contributed by atoms with van der Waals surface area (Å²) in [6, 6.07) is 6.97. The molecule has 2 aliphatic heterocycles. The second kappa shape index (κ2) is 6.63. The Labute approximate surface area is 132 Å². The van der Waals surface area contributed by atoms with E-state index in [1.54, 1.807) is 0 Å². The van der Waals surface area contributed by atoms with Crippen molar-refractivity contribution in [2.45, 2.75) is 31.8 Å². The van der Waals surface area contributed by atoms with Crippen LogP contribution in [0.15, 0.2) is 30.9 Å². The number of carbonyl (C=O) groups is 1. The van der Waals surface area contributed by atoms with Crippen LogP contribution in [-0.4, -0.2) is 48.4 Å². The van der Waals surface area contributed by atoms with Crippen molar-refractivity contribution in [3.63, 3.8) is 0 Å². The van der Waals surface area contributed by atoms with E-state index in [1.165, 1.54) is 43.1 Å². The Balaban J connectivity index is 1.69. The van der Waals surface area contributed by atoms with Crippen molar-refractivity contribution in [1.29, 1.82) is 0 Å². The summed E-state index contributed by atoms with van der Waals surface area (Å²) in [5, 5.41) is 2.86. The molecule has 2 aliphatic rings. The number of rotatable bonds is 3. The number of nitrogens with zero attached hydrogens (tertiary/aromatic N) is 2. The first-order valence-electron chi connectivity index (χ1n) is 8.13. The lowest BCUT2D eigenvalue weighted by Gasteiger charge is -2.39. The molecule has 1 saturated heterocycles. The minimum Gasteiger partial charge on any atom is -0.323 e. The smallest absolute Gasteiger partial charge is 0.247 e. The Bertz CT molecular complexity index is 561. The van der Waals surface area contributed by atoms with E-state index in [-0.39, 0.29) is 5.91 Å². The summed E-state index contributed by atoms with van der Waals surface area (Å²) >= 11 is 0. The number of benzene rings is 1. The summed E-state index contributed by atoms with van der Waals surface area (Å²) in [7, 11) is 2.20. The molecule has 0 atom stereocenters. The van der Waals surface area contributed by atoms with Gasteiger partial charge >= 0.3 is 0 Å². The number of hydrogen-bond donors (Lipinski definition) is 1. The second-order valence-electron chi connectivity index (χ2n) is 6.43. The van der Waals surface area contributed by atoms with Crippen LogP contribution < -0.4 is 5.32 Å². The third-order valence-corrected chi connectivity index (χ3v) is 4.91. The van der Waals surface area contributed by atoms with Crippen molar-refractivity contribution < 1.29 is 4.79 Å². The molecule has 2 heterocycles. The Morgan fingerprint density at radius 3 is 2.77 bits per heavy atom. The van der Waals surface area contributed by atoms with Gasteiger partial charge in [0.25, 0.3) is 0 Å². The summed E-state index contributed by atoms with van der Waals surface area (Å²) in [5.41, 5.74) is 3.64. The third-order valence-electron chi connectivity index (χ3n) is 4.91. The van der Waals surface area contributed by atoms with Crippen molar-refractivity contribution in [2.24, 2.45) is 0 Å². The van der Waals surface area contributed by atoms with Crippen molar-refractivity contribution >= 4 is 11.6 Å². The lowest BCUT2D eigenvalue weighted by atomic mass is 9.95. The fourth-order valence-corrected chi connectivity index (χ4v) is 3.52. The quantitative estimate of drug-likeness (QED) is 0.870. The molecule has 0 aliphatic carbocycles. The molecular formula is C18H25N3O. The summed E-state index contributed by atoms with van der Waals surface area (Å²) in [6.45, 7) is 8.05. The topological polar surface area (TPSA) is 35.6 Å². The first-order chi connectivity index (χ1) is 10.7. The van der Waals surface area contributed by atoms with Gasteiger partial charge in [-0.15, -0.1) is 0 Å². The first-order valence-corrected chi connectivity index (χ1v) is 8.13. The highest BCUT2D eigenvalue weighted by Gasteiger charge is 2.26. The van der Waals surface area contributed by atoms with Crippen LogP contribution in [0, 0.1) is 0 Å². The molecule has 1 fully saturated rings. The van der Waals surface area contributed by atoms with E-state index in [9.17, 15) is 4.79 Å². The van der Waals surface area contributed by atoms with Gasteiger partial charge in [0, 0.05) is 24.8 Å². The van der Waals surface area contributed by atoms with Gasteiger partial charge in [0.2, 0.25) is 5.91 Å². The molecule has 1 aromatic carbocycles. The molecule has 1 amide bonds. The average Bonchev–Trinajstić information content (AvgIpc) is 2.54. The van der Waals surface area contributed by atoms with E-state index < -0.39 is 0 Å². The van der Waals surface area contributed by atoms with Crippen molar-refractivity contribution in [3.05, 3.63) is 42.0 Å². The van der Waals surface area contributed by atoms with E-state index in [1.807, 2.05) is 6.07 Å². The van der Waals surface area contributed by atoms with E-state index in [2.05, 4.69) is 40.9 Å². The molecule has 4 nitrogen and oxygen atoms in total.